The Balaban J connectivity index is 1.86. The van der Waals surface area contributed by atoms with E-state index in [1.165, 1.54) is 10.3 Å². The van der Waals surface area contributed by atoms with Crippen LogP contribution in [0.25, 0.3) is 16.3 Å². The van der Waals surface area contributed by atoms with Gasteiger partial charge in [0.25, 0.3) is 0 Å². The van der Waals surface area contributed by atoms with Crippen LogP contribution in [0, 0.1) is 6.92 Å². The van der Waals surface area contributed by atoms with Gasteiger partial charge < -0.3 is 4.74 Å². The van der Waals surface area contributed by atoms with Crippen molar-refractivity contribution in [3.8, 4) is 0 Å². The maximum atomic E-state index is 5.38. The van der Waals surface area contributed by atoms with Gasteiger partial charge in [-0.25, -0.2) is 9.97 Å². The van der Waals surface area contributed by atoms with Crippen LogP contribution in [0.15, 0.2) is 11.5 Å². The first kappa shape index (κ1) is 16.6. The van der Waals surface area contributed by atoms with E-state index in [2.05, 4.69) is 50.1 Å². The third kappa shape index (κ3) is 3.79. The Morgan fingerprint density at radius 1 is 1.26 bits per heavy atom. The molecule has 4 nitrogen and oxygen atoms in total. The summed E-state index contributed by atoms with van der Waals surface area (Å²) in [6, 6.07) is 0. The van der Waals surface area contributed by atoms with Crippen LogP contribution >= 0.6 is 11.3 Å². The van der Waals surface area contributed by atoms with Crippen molar-refractivity contribution in [1.82, 2.24) is 14.9 Å². The normalized spacial score (nSPS) is 17.4. The molecule has 0 unspecified atom stereocenters. The van der Waals surface area contributed by atoms with Crippen molar-refractivity contribution in [3.63, 3.8) is 0 Å². The molecule has 0 saturated carbocycles. The van der Waals surface area contributed by atoms with Gasteiger partial charge in [0.15, 0.2) is 5.82 Å². The van der Waals surface area contributed by atoms with E-state index in [1.807, 2.05) is 0 Å². The summed E-state index contributed by atoms with van der Waals surface area (Å²) in [7, 11) is 0. The summed E-state index contributed by atoms with van der Waals surface area (Å²) in [6.45, 7) is 13.4. The van der Waals surface area contributed by atoms with Crippen LogP contribution in [-0.2, 0) is 10.2 Å². The second kappa shape index (κ2) is 6.67. The maximum absolute atomic E-state index is 5.38. The molecule has 3 heterocycles. The molecule has 3 rings (SSSR count). The molecule has 1 saturated heterocycles. The number of ether oxygens (including phenoxy) is 1. The molecule has 124 valence electrons. The molecule has 0 spiro atoms. The fraction of sp³-hybridized carbons (Fsp3) is 0.556. The highest BCUT2D eigenvalue weighted by Gasteiger charge is 2.22. The van der Waals surface area contributed by atoms with E-state index in [0.29, 0.717) is 0 Å². The Kier molecular flexibility index (Phi) is 4.80. The topological polar surface area (TPSA) is 38.2 Å². The molecular weight excluding hydrogens is 306 g/mol. The van der Waals surface area contributed by atoms with Crippen LogP contribution in [-0.4, -0.2) is 47.7 Å². The number of morpholine rings is 1. The Morgan fingerprint density at radius 2 is 2.00 bits per heavy atom. The first-order chi connectivity index (χ1) is 10.9. The first-order valence-electron chi connectivity index (χ1n) is 8.18. The predicted molar refractivity (Wildman–Crippen MR) is 97.1 cm³/mol. The standard InChI is InChI=1S/C18H25N3OS/c1-13-12-23-16-15(13)19-14(20-17(16)18(2,3)4)6-5-7-21-8-10-22-11-9-21/h5-6,12H,7-11H2,1-4H3/b6-5+. The van der Waals surface area contributed by atoms with Crippen molar-refractivity contribution in [2.45, 2.75) is 33.1 Å². The van der Waals surface area contributed by atoms with Crippen LogP contribution in [0.5, 0.6) is 0 Å². The van der Waals surface area contributed by atoms with E-state index in [0.717, 1.165) is 49.9 Å². The molecule has 0 aromatic carbocycles. The average molecular weight is 331 g/mol. The van der Waals surface area contributed by atoms with Gasteiger partial charge in [-0.15, -0.1) is 11.3 Å². The quantitative estimate of drug-likeness (QED) is 0.860. The van der Waals surface area contributed by atoms with Crippen molar-refractivity contribution >= 4 is 27.6 Å². The molecule has 0 radical (unpaired) electrons. The van der Waals surface area contributed by atoms with Crippen LogP contribution < -0.4 is 0 Å². The van der Waals surface area contributed by atoms with E-state index in [-0.39, 0.29) is 5.41 Å². The molecule has 2 aromatic heterocycles. The van der Waals surface area contributed by atoms with Crippen molar-refractivity contribution in [1.29, 1.82) is 0 Å². The van der Waals surface area contributed by atoms with Crippen LogP contribution in [0.4, 0.5) is 0 Å². The zero-order chi connectivity index (χ0) is 16.4. The number of fused-ring (bicyclic) bond motifs is 1. The molecule has 0 amide bonds. The van der Waals surface area contributed by atoms with Crippen LogP contribution in [0.3, 0.4) is 0 Å². The largest absolute Gasteiger partial charge is 0.379 e. The van der Waals surface area contributed by atoms with Gasteiger partial charge >= 0.3 is 0 Å². The van der Waals surface area contributed by atoms with Crippen molar-refractivity contribution < 1.29 is 4.74 Å². The second-order valence-electron chi connectivity index (χ2n) is 7.09. The number of hydrogen-bond donors (Lipinski definition) is 0. The molecule has 0 aliphatic carbocycles. The fourth-order valence-corrected chi connectivity index (χ4v) is 3.91. The molecule has 1 aliphatic rings. The number of rotatable bonds is 3. The summed E-state index contributed by atoms with van der Waals surface area (Å²) in [5.74, 6) is 0.817. The Labute approximate surface area is 142 Å². The highest BCUT2D eigenvalue weighted by Crippen LogP contribution is 2.33. The van der Waals surface area contributed by atoms with Gasteiger partial charge in [-0.2, -0.15) is 0 Å². The first-order valence-corrected chi connectivity index (χ1v) is 9.06. The fourth-order valence-electron chi connectivity index (χ4n) is 2.72. The third-order valence-corrected chi connectivity index (χ3v) is 5.15. The lowest BCUT2D eigenvalue weighted by atomic mass is 9.91. The minimum atomic E-state index is 0.0191. The second-order valence-corrected chi connectivity index (χ2v) is 7.97. The van der Waals surface area contributed by atoms with Crippen molar-refractivity contribution in [3.05, 3.63) is 28.5 Å². The predicted octanol–water partition coefficient (Wildman–Crippen LogP) is 3.64. The summed E-state index contributed by atoms with van der Waals surface area (Å²) in [6.07, 6.45) is 4.22. The summed E-state index contributed by atoms with van der Waals surface area (Å²) in [5, 5.41) is 2.18. The molecule has 23 heavy (non-hydrogen) atoms. The van der Waals surface area contributed by atoms with Crippen LogP contribution in [0.1, 0.15) is 37.9 Å². The van der Waals surface area contributed by atoms with Gasteiger partial charge in [0, 0.05) is 25.0 Å². The maximum Gasteiger partial charge on any atom is 0.152 e. The molecule has 0 N–H and O–H groups in total. The number of aryl methyl sites for hydroxylation is 1. The van der Waals surface area contributed by atoms with Crippen molar-refractivity contribution in [2.24, 2.45) is 0 Å². The molecule has 1 fully saturated rings. The van der Waals surface area contributed by atoms with Crippen LogP contribution in [0.2, 0.25) is 0 Å². The Bertz CT molecular complexity index is 709. The molecular formula is C18H25N3OS. The van der Waals surface area contributed by atoms with Gasteiger partial charge in [-0.3, -0.25) is 4.90 Å². The zero-order valence-electron chi connectivity index (χ0n) is 14.4. The van der Waals surface area contributed by atoms with E-state index < -0.39 is 0 Å². The summed E-state index contributed by atoms with van der Waals surface area (Å²) in [5.41, 5.74) is 3.50. The summed E-state index contributed by atoms with van der Waals surface area (Å²) >= 11 is 1.75. The van der Waals surface area contributed by atoms with E-state index >= 15 is 0 Å². The zero-order valence-corrected chi connectivity index (χ0v) is 15.2. The average Bonchev–Trinajstić information content (AvgIpc) is 2.88. The lowest BCUT2D eigenvalue weighted by Crippen LogP contribution is -2.36. The monoisotopic (exact) mass is 331 g/mol. The SMILES string of the molecule is Cc1csc2c(C(C)(C)C)nc(/C=C/CN3CCOCC3)nc12. The minimum absolute atomic E-state index is 0.0191. The van der Waals surface area contributed by atoms with E-state index in [1.54, 1.807) is 11.3 Å². The number of thiophene rings is 1. The van der Waals surface area contributed by atoms with Gasteiger partial charge in [-0.1, -0.05) is 26.8 Å². The van der Waals surface area contributed by atoms with Gasteiger partial charge in [0.05, 0.1) is 29.1 Å². The highest BCUT2D eigenvalue weighted by atomic mass is 32.1. The molecule has 5 heteroatoms. The number of hydrogen-bond acceptors (Lipinski definition) is 5. The summed E-state index contributed by atoms with van der Waals surface area (Å²) < 4.78 is 6.60. The lowest BCUT2D eigenvalue weighted by Gasteiger charge is -2.25. The van der Waals surface area contributed by atoms with Gasteiger partial charge in [-0.05, 0) is 23.9 Å². The number of aromatic nitrogens is 2. The summed E-state index contributed by atoms with van der Waals surface area (Å²) in [4.78, 5) is 12.0. The highest BCUT2D eigenvalue weighted by molar-refractivity contribution is 7.17. The Morgan fingerprint density at radius 3 is 2.70 bits per heavy atom. The molecule has 1 aliphatic heterocycles. The van der Waals surface area contributed by atoms with Gasteiger partial charge in [0.2, 0.25) is 0 Å². The molecule has 0 atom stereocenters. The lowest BCUT2D eigenvalue weighted by molar-refractivity contribution is 0.0435. The number of nitrogens with zero attached hydrogens (tertiary/aromatic N) is 3. The van der Waals surface area contributed by atoms with Crippen molar-refractivity contribution in [2.75, 3.05) is 32.8 Å². The minimum Gasteiger partial charge on any atom is -0.379 e. The molecule has 0 bridgehead atoms. The Hall–Kier alpha value is -1.30. The third-order valence-electron chi connectivity index (χ3n) is 4.05. The van der Waals surface area contributed by atoms with Gasteiger partial charge in [0.1, 0.15) is 0 Å². The van der Waals surface area contributed by atoms with E-state index in [9.17, 15) is 0 Å². The van der Waals surface area contributed by atoms with E-state index in [4.69, 9.17) is 14.7 Å². The smallest absolute Gasteiger partial charge is 0.152 e. The molecule has 2 aromatic rings.